The van der Waals surface area contributed by atoms with Crippen LogP contribution in [0.5, 0.6) is 5.75 Å². The van der Waals surface area contributed by atoms with Crippen molar-refractivity contribution in [1.29, 1.82) is 10.8 Å². The van der Waals surface area contributed by atoms with Gasteiger partial charge < -0.3 is 19.9 Å². The summed E-state index contributed by atoms with van der Waals surface area (Å²) in [5.74, 6) is 1.25. The Morgan fingerprint density at radius 3 is 2.77 bits per heavy atom. The molecule has 1 saturated heterocycles. The minimum absolute atomic E-state index is 0.190. The zero-order chi connectivity index (χ0) is 22.0. The summed E-state index contributed by atoms with van der Waals surface area (Å²) < 4.78 is 5.49. The first-order chi connectivity index (χ1) is 15.0. The van der Waals surface area contributed by atoms with E-state index in [2.05, 4.69) is 22.2 Å². The fraction of sp³-hybridized carbons (Fsp3) is 0.391. The number of hydrogen-bond acceptors (Lipinski definition) is 6. The Morgan fingerprint density at radius 2 is 2.00 bits per heavy atom. The number of amidine groups is 2. The lowest BCUT2D eigenvalue weighted by atomic mass is 9.96. The van der Waals surface area contributed by atoms with E-state index >= 15 is 0 Å². The number of pyridine rings is 1. The summed E-state index contributed by atoms with van der Waals surface area (Å²) in [5.41, 5.74) is 3.25. The molecule has 0 aliphatic carbocycles. The number of hydrogen-bond donors (Lipinski definition) is 3. The number of piperidine rings is 1. The van der Waals surface area contributed by atoms with Crippen LogP contribution in [0.15, 0.2) is 30.3 Å². The molecule has 2 aliphatic heterocycles. The summed E-state index contributed by atoms with van der Waals surface area (Å²) in [7, 11) is 3.64. The second-order valence-electron chi connectivity index (χ2n) is 8.08. The number of ether oxygens (including phenoxy) is 1. The van der Waals surface area contributed by atoms with Crippen molar-refractivity contribution in [2.45, 2.75) is 32.2 Å². The second kappa shape index (κ2) is 8.85. The summed E-state index contributed by atoms with van der Waals surface area (Å²) in [6.07, 6.45) is 3.53. The minimum Gasteiger partial charge on any atom is -0.496 e. The van der Waals surface area contributed by atoms with Crippen LogP contribution in [0.25, 0.3) is 0 Å². The number of amides is 1. The number of nitrogens with zero attached hydrogens (tertiary/aromatic N) is 3. The molecule has 162 valence electrons. The van der Waals surface area contributed by atoms with Gasteiger partial charge in [-0.05, 0) is 61.7 Å². The Hall–Kier alpha value is -3.26. The molecule has 0 bridgehead atoms. The van der Waals surface area contributed by atoms with E-state index in [1.54, 1.807) is 30.2 Å². The molecular weight excluding hydrogens is 392 g/mol. The summed E-state index contributed by atoms with van der Waals surface area (Å²) in [4.78, 5) is 21.4. The fourth-order valence-corrected chi connectivity index (χ4v) is 4.11. The van der Waals surface area contributed by atoms with Crippen LogP contribution in [-0.2, 0) is 13.0 Å². The second-order valence-corrected chi connectivity index (χ2v) is 8.08. The Morgan fingerprint density at radius 1 is 1.16 bits per heavy atom. The van der Waals surface area contributed by atoms with E-state index in [1.807, 2.05) is 12.1 Å². The molecule has 2 aliphatic rings. The van der Waals surface area contributed by atoms with Crippen molar-refractivity contribution in [2.75, 3.05) is 32.6 Å². The summed E-state index contributed by atoms with van der Waals surface area (Å²) >= 11 is 0. The first kappa shape index (κ1) is 21.0. The molecule has 8 nitrogen and oxygen atoms in total. The molecule has 8 heteroatoms. The van der Waals surface area contributed by atoms with Crippen molar-refractivity contribution >= 4 is 23.4 Å². The number of anilines is 1. The first-order valence-corrected chi connectivity index (χ1v) is 10.6. The summed E-state index contributed by atoms with van der Waals surface area (Å²) in [6.45, 7) is 2.43. The van der Waals surface area contributed by atoms with Gasteiger partial charge in [-0.15, -0.1) is 0 Å². The van der Waals surface area contributed by atoms with Crippen LogP contribution in [-0.4, -0.2) is 59.6 Å². The maximum absolute atomic E-state index is 13.1. The smallest absolute Gasteiger partial charge is 0.260 e. The third-order valence-electron chi connectivity index (χ3n) is 5.84. The Labute approximate surface area is 182 Å². The van der Waals surface area contributed by atoms with Crippen molar-refractivity contribution in [3.63, 3.8) is 0 Å². The summed E-state index contributed by atoms with van der Waals surface area (Å²) in [6, 6.07) is 9.06. The third-order valence-corrected chi connectivity index (χ3v) is 5.84. The number of carbonyl (C=O) groups is 1. The molecule has 4 rings (SSSR count). The maximum atomic E-state index is 13.1. The Balaban J connectivity index is 1.55. The molecule has 1 aromatic carbocycles. The zero-order valence-corrected chi connectivity index (χ0v) is 18.0. The highest BCUT2D eigenvalue weighted by atomic mass is 16.5. The van der Waals surface area contributed by atoms with Crippen LogP contribution < -0.4 is 10.1 Å². The molecule has 0 unspecified atom stereocenters. The topological polar surface area (TPSA) is 105 Å². The highest BCUT2D eigenvalue weighted by Gasteiger charge is 2.23. The average Bonchev–Trinajstić information content (AvgIpc) is 2.78. The molecule has 0 saturated carbocycles. The monoisotopic (exact) mass is 420 g/mol. The van der Waals surface area contributed by atoms with Crippen LogP contribution in [0.1, 0.15) is 46.4 Å². The number of fused-ring (bicyclic) bond motifs is 1. The quantitative estimate of drug-likeness (QED) is 0.521. The average molecular weight is 421 g/mol. The normalized spacial score (nSPS) is 16.6. The molecule has 3 N–H and O–H groups in total. The van der Waals surface area contributed by atoms with E-state index < -0.39 is 0 Å². The van der Waals surface area contributed by atoms with Gasteiger partial charge in [-0.1, -0.05) is 6.07 Å². The fourth-order valence-electron chi connectivity index (χ4n) is 4.11. The number of nitrogens with one attached hydrogen (secondary N) is 3. The van der Waals surface area contributed by atoms with Gasteiger partial charge in [0.2, 0.25) is 0 Å². The highest BCUT2D eigenvalue weighted by molar-refractivity contribution is 6.08. The number of methoxy groups -OCH3 is 1. The minimum atomic E-state index is -0.297. The van der Waals surface area contributed by atoms with E-state index in [-0.39, 0.29) is 11.7 Å². The molecule has 1 aromatic heterocycles. The molecule has 2 aromatic rings. The van der Waals surface area contributed by atoms with Gasteiger partial charge in [0.15, 0.2) is 5.84 Å². The molecule has 0 atom stereocenters. The van der Waals surface area contributed by atoms with Gasteiger partial charge in [0, 0.05) is 26.1 Å². The van der Waals surface area contributed by atoms with Crippen LogP contribution in [0.4, 0.5) is 5.82 Å². The predicted molar refractivity (Wildman–Crippen MR) is 120 cm³/mol. The maximum Gasteiger partial charge on any atom is 0.260 e. The molecule has 0 spiro atoms. The number of carbonyl (C=O) groups excluding carboxylic acids is 1. The van der Waals surface area contributed by atoms with Gasteiger partial charge >= 0.3 is 0 Å². The number of likely N-dealkylation sites (N-methyl/N-ethyl adjacent to an activating group) is 1. The van der Waals surface area contributed by atoms with Gasteiger partial charge in [-0.25, -0.2) is 4.98 Å². The third kappa shape index (κ3) is 4.44. The van der Waals surface area contributed by atoms with Crippen molar-refractivity contribution in [1.82, 2.24) is 14.8 Å². The Kier molecular flexibility index (Phi) is 5.99. The van der Waals surface area contributed by atoms with Crippen LogP contribution in [0.3, 0.4) is 0 Å². The first-order valence-electron chi connectivity index (χ1n) is 10.6. The van der Waals surface area contributed by atoms with Gasteiger partial charge in [0.1, 0.15) is 23.1 Å². The van der Waals surface area contributed by atoms with Crippen molar-refractivity contribution in [2.24, 2.45) is 0 Å². The zero-order valence-electron chi connectivity index (χ0n) is 18.0. The van der Waals surface area contributed by atoms with E-state index in [0.717, 1.165) is 37.9 Å². The highest BCUT2D eigenvalue weighted by Crippen LogP contribution is 2.28. The SMILES string of the molecule is COc1cc2c(cc1C(=O)Nc1cccc(C(=N)N3CCCCC3=N)n1)CN(C)CC2. The largest absolute Gasteiger partial charge is 0.496 e. The van der Waals surface area contributed by atoms with Crippen molar-refractivity contribution in [3.8, 4) is 5.75 Å². The van der Waals surface area contributed by atoms with E-state index in [4.69, 9.17) is 15.6 Å². The van der Waals surface area contributed by atoms with E-state index in [0.29, 0.717) is 41.6 Å². The Bertz CT molecular complexity index is 1030. The van der Waals surface area contributed by atoms with Crippen molar-refractivity contribution in [3.05, 3.63) is 52.7 Å². The van der Waals surface area contributed by atoms with Crippen LogP contribution in [0.2, 0.25) is 0 Å². The van der Waals surface area contributed by atoms with Gasteiger partial charge in [0.25, 0.3) is 5.91 Å². The van der Waals surface area contributed by atoms with Gasteiger partial charge in [-0.2, -0.15) is 0 Å². The predicted octanol–water partition coefficient (Wildman–Crippen LogP) is 3.12. The molecule has 31 heavy (non-hydrogen) atoms. The number of likely N-dealkylation sites (tertiary alicyclic amines) is 1. The number of rotatable bonds is 4. The molecule has 1 fully saturated rings. The van der Waals surface area contributed by atoms with E-state index in [9.17, 15) is 4.79 Å². The lowest BCUT2D eigenvalue weighted by Gasteiger charge is -2.29. The number of benzene rings is 1. The lowest BCUT2D eigenvalue weighted by Crippen LogP contribution is -2.40. The standard InChI is InChI=1S/C23H28N6O2/c1-28-11-9-15-13-19(31-2)17(12-16(15)14-28)23(30)27-21-8-5-6-18(26-21)22(25)29-10-4-3-7-20(29)24/h5-6,8,12-13,24-25H,3-4,7,9-11,14H2,1-2H3,(H,26,27,30). The van der Waals surface area contributed by atoms with Gasteiger partial charge in [-0.3, -0.25) is 15.6 Å². The summed E-state index contributed by atoms with van der Waals surface area (Å²) in [5, 5.41) is 19.4. The number of aromatic nitrogens is 1. The van der Waals surface area contributed by atoms with Crippen molar-refractivity contribution < 1.29 is 9.53 Å². The van der Waals surface area contributed by atoms with Gasteiger partial charge in [0.05, 0.1) is 12.7 Å². The molecule has 3 heterocycles. The molecule has 1 amide bonds. The molecule has 0 radical (unpaired) electrons. The van der Waals surface area contributed by atoms with E-state index in [1.165, 1.54) is 5.56 Å². The lowest BCUT2D eigenvalue weighted by molar-refractivity contribution is 0.102. The van der Waals surface area contributed by atoms with Crippen LogP contribution >= 0.6 is 0 Å². The van der Waals surface area contributed by atoms with Crippen LogP contribution in [0, 0.1) is 10.8 Å². The molecular formula is C23H28N6O2.